The Bertz CT molecular complexity index is 1670. The fraction of sp³-hybridized carbons (Fsp3) is 0.0690. The molecule has 1 heterocycles. The summed E-state index contributed by atoms with van der Waals surface area (Å²) in [7, 11) is 0. The van der Waals surface area contributed by atoms with Crippen LogP contribution >= 0.6 is 22.9 Å². The van der Waals surface area contributed by atoms with Crippen molar-refractivity contribution >= 4 is 55.7 Å². The topological polar surface area (TPSA) is 105 Å². The number of rotatable bonds is 8. The van der Waals surface area contributed by atoms with E-state index in [0.29, 0.717) is 26.8 Å². The van der Waals surface area contributed by atoms with Gasteiger partial charge in [-0.25, -0.2) is 9.37 Å². The molecular weight excluding hydrogens is 525 g/mol. The number of carboxylic acids is 1. The maximum Gasteiger partial charge on any atom is 0.320 e. The highest BCUT2D eigenvalue weighted by molar-refractivity contribution is 7.22. The lowest BCUT2D eigenvalue weighted by Gasteiger charge is -2.10. The van der Waals surface area contributed by atoms with Crippen LogP contribution in [0.2, 0.25) is 5.02 Å². The predicted molar refractivity (Wildman–Crippen MR) is 149 cm³/mol. The summed E-state index contributed by atoms with van der Waals surface area (Å²) in [6, 6.07) is 23.1. The highest BCUT2D eigenvalue weighted by Crippen LogP contribution is 2.31. The fourth-order valence-electron chi connectivity index (χ4n) is 4.04. The quantitative estimate of drug-likeness (QED) is 0.188. The number of anilines is 2. The fourth-order valence-corrected chi connectivity index (χ4v) is 5.21. The molecule has 0 aliphatic heterocycles. The molecule has 5 aromatic rings. The number of benzene rings is 4. The average Bonchev–Trinajstić information content (AvgIpc) is 3.30. The van der Waals surface area contributed by atoms with Gasteiger partial charge in [-0.2, -0.15) is 0 Å². The SMILES string of the molecule is N[C@@H](Cc1cccc(C(=O)c2ccc(-c3ccc(Nc4nc5ccc(F)cc5s4)cc3)cc2Cl)c1)C(=O)O. The van der Waals surface area contributed by atoms with Crippen molar-refractivity contribution < 1.29 is 19.1 Å². The number of thiazole rings is 1. The van der Waals surface area contributed by atoms with Crippen molar-refractivity contribution in [2.24, 2.45) is 5.73 Å². The molecule has 6 nitrogen and oxygen atoms in total. The number of nitrogens with zero attached hydrogens (tertiary/aromatic N) is 1. The minimum atomic E-state index is -1.10. The zero-order valence-electron chi connectivity index (χ0n) is 19.8. The second-order valence-corrected chi connectivity index (χ2v) is 10.1. The number of hydrogen-bond acceptors (Lipinski definition) is 6. The van der Waals surface area contributed by atoms with Crippen LogP contribution in [-0.4, -0.2) is 27.9 Å². The zero-order chi connectivity index (χ0) is 26.8. The molecule has 0 aliphatic carbocycles. The number of nitrogens with two attached hydrogens (primary N) is 1. The lowest BCUT2D eigenvalue weighted by atomic mass is 9.97. The Morgan fingerprint density at radius 3 is 2.50 bits per heavy atom. The summed E-state index contributed by atoms with van der Waals surface area (Å²) in [6.45, 7) is 0. The van der Waals surface area contributed by atoms with Gasteiger partial charge in [0.05, 0.1) is 15.2 Å². The molecule has 0 radical (unpaired) electrons. The molecule has 9 heteroatoms. The number of carbonyl (C=O) groups is 2. The third-order valence-corrected chi connectivity index (χ3v) is 7.24. The van der Waals surface area contributed by atoms with Gasteiger partial charge in [0.25, 0.3) is 0 Å². The molecule has 38 heavy (non-hydrogen) atoms. The Morgan fingerprint density at radius 1 is 1.00 bits per heavy atom. The lowest BCUT2D eigenvalue weighted by molar-refractivity contribution is -0.138. The first-order valence-electron chi connectivity index (χ1n) is 11.6. The van der Waals surface area contributed by atoms with Gasteiger partial charge >= 0.3 is 5.97 Å². The molecule has 0 unspecified atom stereocenters. The van der Waals surface area contributed by atoms with Crippen LogP contribution in [0, 0.1) is 5.82 Å². The highest BCUT2D eigenvalue weighted by Gasteiger charge is 2.17. The molecule has 4 aromatic carbocycles. The van der Waals surface area contributed by atoms with Gasteiger partial charge in [-0.3, -0.25) is 9.59 Å². The van der Waals surface area contributed by atoms with Crippen molar-refractivity contribution in [1.29, 1.82) is 0 Å². The summed E-state index contributed by atoms with van der Waals surface area (Å²) < 4.78 is 14.2. The van der Waals surface area contributed by atoms with Gasteiger partial charge in [0.2, 0.25) is 0 Å². The first-order valence-corrected chi connectivity index (χ1v) is 12.8. The lowest BCUT2D eigenvalue weighted by Crippen LogP contribution is -2.32. The minimum Gasteiger partial charge on any atom is -0.480 e. The van der Waals surface area contributed by atoms with Crippen LogP contribution in [0.25, 0.3) is 21.3 Å². The Hall–Kier alpha value is -4.11. The normalized spacial score (nSPS) is 11.9. The van der Waals surface area contributed by atoms with Crippen LogP contribution in [0.4, 0.5) is 15.2 Å². The Labute approximate surface area is 226 Å². The minimum absolute atomic E-state index is 0.117. The summed E-state index contributed by atoms with van der Waals surface area (Å²) in [4.78, 5) is 28.7. The average molecular weight is 546 g/mol. The van der Waals surface area contributed by atoms with E-state index in [1.165, 1.54) is 23.5 Å². The number of nitrogens with one attached hydrogen (secondary N) is 1. The van der Waals surface area contributed by atoms with Gasteiger partial charge < -0.3 is 16.2 Å². The van der Waals surface area contributed by atoms with Gasteiger partial charge in [0, 0.05) is 16.8 Å². The molecule has 0 bridgehead atoms. The van der Waals surface area contributed by atoms with Crippen molar-refractivity contribution in [3.05, 3.63) is 112 Å². The standard InChI is InChI=1S/C29H21ClFN3O3S/c30-23-14-18(6-10-22(23)27(35)19-3-1-2-16(12-19)13-24(32)28(36)37)17-4-8-21(9-5-17)33-29-34-25-11-7-20(31)15-26(25)38-29/h1-12,14-15,24H,13,32H2,(H,33,34)(H,36,37)/t24-/m0/s1. The zero-order valence-corrected chi connectivity index (χ0v) is 21.4. The van der Waals surface area contributed by atoms with E-state index in [9.17, 15) is 14.0 Å². The van der Waals surface area contributed by atoms with Crippen LogP contribution in [-0.2, 0) is 11.2 Å². The van der Waals surface area contributed by atoms with Gasteiger partial charge in [-0.05, 0) is 71.6 Å². The van der Waals surface area contributed by atoms with E-state index in [0.717, 1.165) is 27.0 Å². The van der Waals surface area contributed by atoms with Gasteiger partial charge in [0.1, 0.15) is 11.9 Å². The summed E-state index contributed by atoms with van der Waals surface area (Å²) in [5, 5.41) is 13.3. The molecule has 1 atom stereocenters. The number of ketones is 1. The summed E-state index contributed by atoms with van der Waals surface area (Å²) >= 11 is 7.89. The first kappa shape index (κ1) is 25.5. The number of carboxylic acid groups (broad SMARTS) is 1. The molecule has 0 amide bonds. The maximum absolute atomic E-state index is 13.5. The summed E-state index contributed by atoms with van der Waals surface area (Å²) in [5.41, 5.74) is 10.3. The summed E-state index contributed by atoms with van der Waals surface area (Å²) in [6.07, 6.45) is 0.117. The van der Waals surface area contributed by atoms with E-state index in [-0.39, 0.29) is 18.0 Å². The largest absolute Gasteiger partial charge is 0.480 e. The molecule has 0 spiro atoms. The van der Waals surface area contributed by atoms with Crippen LogP contribution in [0.1, 0.15) is 21.5 Å². The smallest absolute Gasteiger partial charge is 0.320 e. The number of aliphatic carboxylic acids is 1. The van der Waals surface area contributed by atoms with E-state index in [1.807, 2.05) is 30.3 Å². The number of fused-ring (bicyclic) bond motifs is 1. The van der Waals surface area contributed by atoms with E-state index < -0.39 is 12.0 Å². The number of halogens is 2. The van der Waals surface area contributed by atoms with E-state index >= 15 is 0 Å². The van der Waals surface area contributed by atoms with Crippen LogP contribution < -0.4 is 11.1 Å². The van der Waals surface area contributed by atoms with Crippen LogP contribution in [0.15, 0.2) is 84.9 Å². The second-order valence-electron chi connectivity index (χ2n) is 8.71. The molecule has 0 aliphatic rings. The molecule has 1 aromatic heterocycles. The van der Waals surface area contributed by atoms with Gasteiger partial charge in [0.15, 0.2) is 10.9 Å². The Balaban J connectivity index is 1.31. The maximum atomic E-state index is 13.5. The third kappa shape index (κ3) is 5.57. The highest BCUT2D eigenvalue weighted by atomic mass is 35.5. The van der Waals surface area contributed by atoms with Crippen molar-refractivity contribution in [2.45, 2.75) is 12.5 Å². The number of aromatic nitrogens is 1. The molecule has 5 rings (SSSR count). The molecule has 0 fully saturated rings. The second kappa shape index (κ2) is 10.7. The summed E-state index contributed by atoms with van der Waals surface area (Å²) in [5.74, 6) is -1.66. The van der Waals surface area contributed by atoms with Crippen molar-refractivity contribution in [3.8, 4) is 11.1 Å². The Morgan fingerprint density at radius 2 is 1.76 bits per heavy atom. The van der Waals surface area contributed by atoms with Gasteiger partial charge in [-0.1, -0.05) is 59.3 Å². The van der Waals surface area contributed by atoms with E-state index in [4.69, 9.17) is 22.4 Å². The van der Waals surface area contributed by atoms with Crippen LogP contribution in [0.5, 0.6) is 0 Å². The monoisotopic (exact) mass is 545 g/mol. The van der Waals surface area contributed by atoms with Crippen molar-refractivity contribution in [2.75, 3.05) is 5.32 Å². The molecule has 0 saturated heterocycles. The molecule has 190 valence electrons. The van der Waals surface area contributed by atoms with Crippen molar-refractivity contribution in [1.82, 2.24) is 4.98 Å². The third-order valence-electron chi connectivity index (χ3n) is 6.00. The van der Waals surface area contributed by atoms with Gasteiger partial charge in [-0.15, -0.1) is 0 Å². The molecule has 0 saturated carbocycles. The number of hydrogen-bond donors (Lipinski definition) is 3. The van der Waals surface area contributed by atoms with E-state index in [1.54, 1.807) is 42.5 Å². The number of carbonyl (C=O) groups excluding carboxylic acids is 1. The van der Waals surface area contributed by atoms with Crippen molar-refractivity contribution in [3.63, 3.8) is 0 Å². The molecule has 4 N–H and O–H groups in total. The van der Waals surface area contributed by atoms with Crippen LogP contribution in [0.3, 0.4) is 0 Å². The van der Waals surface area contributed by atoms with E-state index in [2.05, 4.69) is 10.3 Å². The Kier molecular flexibility index (Phi) is 7.20. The first-order chi connectivity index (χ1) is 18.3. The predicted octanol–water partition coefficient (Wildman–Crippen LogP) is 6.68. The molecular formula is C29H21ClFN3O3S.